The largest absolute Gasteiger partial charge is 0.271 e. The van der Waals surface area contributed by atoms with Crippen LogP contribution in [0, 0.1) is 20.8 Å². The highest BCUT2D eigenvalue weighted by Crippen LogP contribution is 2.27. The molecule has 0 bridgehead atoms. The zero-order valence-corrected chi connectivity index (χ0v) is 11.2. The predicted octanol–water partition coefficient (Wildman–Crippen LogP) is 3.16. The molecule has 2 heteroatoms. The number of hydrogen-bond acceptors (Lipinski definition) is 2. The Bertz CT molecular complexity index is 509. The number of rotatable bonds is 3. The Hall–Kier alpha value is -1.64. The number of aryl methyl sites for hydroxylation is 3. The molecule has 0 amide bonds. The molecule has 0 radical (unpaired) electrons. The molecular weight excluding hydrogens is 220 g/mol. The number of nitrogens with one attached hydrogen (secondary N) is 1. The lowest BCUT2D eigenvalue weighted by Crippen LogP contribution is -2.30. The number of benzene rings is 2. The summed E-state index contributed by atoms with van der Waals surface area (Å²) in [6.45, 7) is 6.34. The van der Waals surface area contributed by atoms with Gasteiger partial charge in [0.1, 0.15) is 0 Å². The van der Waals surface area contributed by atoms with Gasteiger partial charge >= 0.3 is 0 Å². The maximum Gasteiger partial charge on any atom is 0.0715 e. The number of nitrogens with two attached hydrogens (primary N) is 1. The van der Waals surface area contributed by atoms with Crippen LogP contribution in [-0.2, 0) is 0 Å². The van der Waals surface area contributed by atoms with Crippen molar-refractivity contribution in [3.05, 3.63) is 70.3 Å². The molecule has 0 spiro atoms. The van der Waals surface area contributed by atoms with Crippen molar-refractivity contribution in [2.45, 2.75) is 26.8 Å². The van der Waals surface area contributed by atoms with Crippen LogP contribution in [0.3, 0.4) is 0 Å². The summed E-state index contributed by atoms with van der Waals surface area (Å²) in [7, 11) is 0. The maximum absolute atomic E-state index is 5.76. The Balaban J connectivity index is 2.48. The molecule has 2 aromatic rings. The van der Waals surface area contributed by atoms with E-state index in [2.05, 4.69) is 68.7 Å². The van der Waals surface area contributed by atoms with Crippen LogP contribution >= 0.6 is 0 Å². The molecule has 2 aromatic carbocycles. The van der Waals surface area contributed by atoms with Gasteiger partial charge in [-0.2, -0.15) is 0 Å². The molecule has 0 heterocycles. The van der Waals surface area contributed by atoms with E-state index in [1.54, 1.807) is 0 Å². The fourth-order valence-electron chi connectivity index (χ4n) is 2.39. The van der Waals surface area contributed by atoms with Gasteiger partial charge in [-0.1, -0.05) is 48.0 Å². The molecule has 94 valence electrons. The van der Waals surface area contributed by atoms with Crippen LogP contribution in [-0.4, -0.2) is 0 Å². The summed E-state index contributed by atoms with van der Waals surface area (Å²) < 4.78 is 0. The van der Waals surface area contributed by atoms with Crippen LogP contribution in [0.2, 0.25) is 0 Å². The van der Waals surface area contributed by atoms with Crippen molar-refractivity contribution in [1.29, 1.82) is 0 Å². The van der Waals surface area contributed by atoms with Crippen molar-refractivity contribution in [1.82, 2.24) is 5.43 Å². The Morgan fingerprint density at radius 1 is 0.889 bits per heavy atom. The van der Waals surface area contributed by atoms with E-state index in [-0.39, 0.29) is 6.04 Å². The molecule has 0 saturated carbocycles. The van der Waals surface area contributed by atoms with Gasteiger partial charge in [-0.15, -0.1) is 0 Å². The van der Waals surface area contributed by atoms with Crippen LogP contribution < -0.4 is 11.3 Å². The summed E-state index contributed by atoms with van der Waals surface area (Å²) in [5.74, 6) is 5.76. The van der Waals surface area contributed by atoms with Crippen molar-refractivity contribution in [3.8, 4) is 0 Å². The minimum atomic E-state index is 0.0480. The van der Waals surface area contributed by atoms with E-state index in [0.29, 0.717) is 0 Å². The van der Waals surface area contributed by atoms with E-state index in [0.717, 1.165) is 0 Å². The Kier molecular flexibility index (Phi) is 3.80. The van der Waals surface area contributed by atoms with Gasteiger partial charge in [-0.25, -0.2) is 5.43 Å². The Morgan fingerprint density at radius 2 is 1.44 bits per heavy atom. The van der Waals surface area contributed by atoms with Gasteiger partial charge < -0.3 is 0 Å². The molecule has 0 aromatic heterocycles. The summed E-state index contributed by atoms with van der Waals surface area (Å²) >= 11 is 0. The Labute approximate surface area is 109 Å². The average molecular weight is 240 g/mol. The zero-order chi connectivity index (χ0) is 13.1. The van der Waals surface area contributed by atoms with Crippen LogP contribution in [0.4, 0.5) is 0 Å². The van der Waals surface area contributed by atoms with Crippen LogP contribution in [0.5, 0.6) is 0 Å². The fraction of sp³-hybridized carbons (Fsp3) is 0.250. The molecule has 0 aliphatic carbocycles. The second-order valence-electron chi connectivity index (χ2n) is 4.82. The quantitative estimate of drug-likeness (QED) is 0.639. The van der Waals surface area contributed by atoms with E-state index >= 15 is 0 Å². The van der Waals surface area contributed by atoms with Crippen LogP contribution in [0.15, 0.2) is 42.5 Å². The summed E-state index contributed by atoms with van der Waals surface area (Å²) in [6.07, 6.45) is 0. The van der Waals surface area contributed by atoms with Crippen LogP contribution in [0.25, 0.3) is 0 Å². The lowest BCUT2D eigenvalue weighted by Gasteiger charge is -2.21. The van der Waals surface area contributed by atoms with Gasteiger partial charge in [0, 0.05) is 0 Å². The van der Waals surface area contributed by atoms with Crippen molar-refractivity contribution in [3.63, 3.8) is 0 Å². The SMILES string of the molecule is Cc1ccc(C(NN)c2c(C)cccc2C)cc1. The smallest absolute Gasteiger partial charge is 0.0715 e. The third kappa shape index (κ3) is 2.45. The number of hydrogen-bond donors (Lipinski definition) is 2. The first-order valence-electron chi connectivity index (χ1n) is 6.22. The summed E-state index contributed by atoms with van der Waals surface area (Å²) in [4.78, 5) is 0. The molecule has 0 fully saturated rings. The second-order valence-corrected chi connectivity index (χ2v) is 4.82. The molecule has 3 N–H and O–H groups in total. The molecule has 1 unspecified atom stereocenters. The predicted molar refractivity (Wildman–Crippen MR) is 76.3 cm³/mol. The highest BCUT2D eigenvalue weighted by molar-refractivity contribution is 5.42. The normalized spacial score (nSPS) is 12.4. The van der Waals surface area contributed by atoms with E-state index in [1.807, 2.05) is 0 Å². The fourth-order valence-corrected chi connectivity index (χ4v) is 2.39. The highest BCUT2D eigenvalue weighted by atomic mass is 15.2. The first-order valence-corrected chi connectivity index (χ1v) is 6.22. The zero-order valence-electron chi connectivity index (χ0n) is 11.2. The monoisotopic (exact) mass is 240 g/mol. The molecule has 0 saturated heterocycles. The molecule has 1 atom stereocenters. The van der Waals surface area contributed by atoms with Crippen LogP contribution in [0.1, 0.15) is 33.9 Å². The topological polar surface area (TPSA) is 38.0 Å². The maximum atomic E-state index is 5.76. The minimum absolute atomic E-state index is 0.0480. The van der Waals surface area contributed by atoms with Crippen molar-refractivity contribution in [2.75, 3.05) is 0 Å². The van der Waals surface area contributed by atoms with Gasteiger partial charge in [-0.05, 0) is 43.0 Å². The Morgan fingerprint density at radius 3 is 1.94 bits per heavy atom. The van der Waals surface area contributed by atoms with Crippen molar-refractivity contribution < 1.29 is 0 Å². The van der Waals surface area contributed by atoms with E-state index in [9.17, 15) is 0 Å². The first-order chi connectivity index (χ1) is 8.63. The van der Waals surface area contributed by atoms with Gasteiger partial charge in [0.05, 0.1) is 6.04 Å². The summed E-state index contributed by atoms with van der Waals surface area (Å²) in [6, 6.07) is 14.9. The van der Waals surface area contributed by atoms with Gasteiger partial charge in [-0.3, -0.25) is 5.84 Å². The molecule has 0 aliphatic rings. The summed E-state index contributed by atoms with van der Waals surface area (Å²) in [5, 5.41) is 0. The van der Waals surface area contributed by atoms with Gasteiger partial charge in [0.2, 0.25) is 0 Å². The van der Waals surface area contributed by atoms with Gasteiger partial charge in [0.25, 0.3) is 0 Å². The highest BCUT2D eigenvalue weighted by Gasteiger charge is 2.16. The lowest BCUT2D eigenvalue weighted by molar-refractivity contribution is 0.630. The molecule has 0 aliphatic heterocycles. The van der Waals surface area contributed by atoms with Crippen molar-refractivity contribution >= 4 is 0 Å². The standard InChI is InChI=1S/C16H20N2/c1-11-7-9-14(10-8-11)16(18-17)15-12(2)5-4-6-13(15)3/h4-10,16,18H,17H2,1-3H3. The first kappa shape index (κ1) is 12.8. The average Bonchev–Trinajstić information content (AvgIpc) is 2.35. The molecule has 18 heavy (non-hydrogen) atoms. The number of hydrazine groups is 1. The van der Waals surface area contributed by atoms with Gasteiger partial charge in [0.15, 0.2) is 0 Å². The molecular formula is C16H20N2. The van der Waals surface area contributed by atoms with E-state index in [1.165, 1.54) is 27.8 Å². The molecule has 2 rings (SSSR count). The van der Waals surface area contributed by atoms with E-state index < -0.39 is 0 Å². The minimum Gasteiger partial charge on any atom is -0.271 e. The van der Waals surface area contributed by atoms with E-state index in [4.69, 9.17) is 5.84 Å². The lowest BCUT2D eigenvalue weighted by atomic mass is 9.91. The third-order valence-electron chi connectivity index (χ3n) is 3.41. The second kappa shape index (κ2) is 5.34. The summed E-state index contributed by atoms with van der Waals surface area (Å²) in [5.41, 5.74) is 9.18. The van der Waals surface area contributed by atoms with Crippen molar-refractivity contribution in [2.24, 2.45) is 5.84 Å². The molecule has 2 nitrogen and oxygen atoms in total. The third-order valence-corrected chi connectivity index (χ3v) is 3.41.